The Morgan fingerprint density at radius 1 is 1.38 bits per heavy atom. The summed E-state index contributed by atoms with van der Waals surface area (Å²) < 4.78 is 13.8. The van der Waals surface area contributed by atoms with Gasteiger partial charge in [0.25, 0.3) is 0 Å². The number of carboxylic acid groups (broad SMARTS) is 1. The van der Waals surface area contributed by atoms with Crippen LogP contribution in [0, 0.1) is 0 Å². The van der Waals surface area contributed by atoms with Gasteiger partial charge in [0.05, 0.1) is 5.88 Å². The van der Waals surface area contributed by atoms with Gasteiger partial charge in [0, 0.05) is 19.1 Å². The van der Waals surface area contributed by atoms with Gasteiger partial charge in [-0.3, -0.25) is 9.69 Å². The highest BCUT2D eigenvalue weighted by Crippen LogP contribution is 2.20. The van der Waals surface area contributed by atoms with Gasteiger partial charge in [-0.05, 0) is 27.7 Å². The molecule has 16 heavy (non-hydrogen) atoms. The molecule has 1 heterocycles. The third kappa shape index (κ3) is 2.61. The van der Waals surface area contributed by atoms with Crippen LogP contribution in [0.25, 0.3) is 0 Å². The smallest absolute Gasteiger partial charge is 0.323 e. The van der Waals surface area contributed by atoms with Crippen molar-refractivity contribution in [3.05, 3.63) is 0 Å². The van der Waals surface area contributed by atoms with E-state index in [0.29, 0.717) is 19.0 Å². The lowest BCUT2D eigenvalue weighted by atomic mass is 10.0. The molecule has 1 atom stereocenters. The SMILES string of the molecule is CC(C)N1CCN(C(C)(C)C(=O)O)CS1=O. The predicted octanol–water partition coefficient (Wildman–Crippen LogP) is 0.497. The van der Waals surface area contributed by atoms with Gasteiger partial charge < -0.3 is 5.11 Å². The largest absolute Gasteiger partial charge is 0.480 e. The van der Waals surface area contributed by atoms with Crippen LogP contribution in [0.2, 0.25) is 0 Å². The number of carbonyl (C=O) groups is 1. The second-order valence-corrected chi connectivity index (χ2v) is 6.18. The van der Waals surface area contributed by atoms with Crippen molar-refractivity contribution in [2.24, 2.45) is 0 Å². The average Bonchev–Trinajstić information content (AvgIpc) is 2.16. The van der Waals surface area contributed by atoms with Gasteiger partial charge in [0.2, 0.25) is 0 Å². The summed E-state index contributed by atoms with van der Waals surface area (Å²) in [5, 5.41) is 9.10. The molecule has 1 saturated heterocycles. The van der Waals surface area contributed by atoms with E-state index >= 15 is 0 Å². The highest BCUT2D eigenvalue weighted by molar-refractivity contribution is 7.82. The molecule has 0 radical (unpaired) electrons. The highest BCUT2D eigenvalue weighted by atomic mass is 32.2. The van der Waals surface area contributed by atoms with Gasteiger partial charge in [0.15, 0.2) is 0 Å². The van der Waals surface area contributed by atoms with Crippen LogP contribution in [0.5, 0.6) is 0 Å². The Hall–Kier alpha value is -0.460. The van der Waals surface area contributed by atoms with Gasteiger partial charge in [-0.25, -0.2) is 8.51 Å². The summed E-state index contributed by atoms with van der Waals surface area (Å²) >= 11 is 0. The molecule has 1 N–H and O–H groups in total. The van der Waals surface area contributed by atoms with Crippen LogP contribution in [0.4, 0.5) is 0 Å². The fourth-order valence-electron chi connectivity index (χ4n) is 1.66. The van der Waals surface area contributed by atoms with E-state index in [-0.39, 0.29) is 6.04 Å². The highest BCUT2D eigenvalue weighted by Gasteiger charge is 2.39. The summed E-state index contributed by atoms with van der Waals surface area (Å²) in [5.74, 6) is -0.570. The van der Waals surface area contributed by atoms with E-state index in [1.165, 1.54) is 0 Å². The molecule has 0 bridgehead atoms. The number of rotatable bonds is 3. The molecule has 1 rings (SSSR count). The van der Waals surface area contributed by atoms with E-state index in [1.54, 1.807) is 18.7 Å². The van der Waals surface area contributed by atoms with Crippen molar-refractivity contribution in [3.63, 3.8) is 0 Å². The van der Waals surface area contributed by atoms with E-state index in [4.69, 9.17) is 5.11 Å². The number of nitrogens with zero attached hydrogens (tertiary/aromatic N) is 2. The summed E-state index contributed by atoms with van der Waals surface area (Å²) in [6, 6.07) is 0.232. The van der Waals surface area contributed by atoms with Crippen LogP contribution in [0.15, 0.2) is 0 Å². The second kappa shape index (κ2) is 4.81. The predicted molar refractivity (Wildman–Crippen MR) is 63.3 cm³/mol. The van der Waals surface area contributed by atoms with Crippen molar-refractivity contribution >= 4 is 17.0 Å². The lowest BCUT2D eigenvalue weighted by molar-refractivity contribution is -0.149. The third-order valence-electron chi connectivity index (χ3n) is 3.01. The molecule has 0 spiro atoms. The first-order valence-electron chi connectivity index (χ1n) is 5.40. The fraction of sp³-hybridized carbons (Fsp3) is 0.900. The van der Waals surface area contributed by atoms with Gasteiger partial charge in [0.1, 0.15) is 16.5 Å². The Morgan fingerprint density at radius 2 is 1.94 bits per heavy atom. The van der Waals surface area contributed by atoms with Crippen LogP contribution in [-0.2, 0) is 15.8 Å². The van der Waals surface area contributed by atoms with Crippen LogP contribution >= 0.6 is 0 Å². The van der Waals surface area contributed by atoms with Crippen LogP contribution < -0.4 is 0 Å². The van der Waals surface area contributed by atoms with Crippen LogP contribution in [0.1, 0.15) is 27.7 Å². The van der Waals surface area contributed by atoms with Crippen molar-refractivity contribution in [2.75, 3.05) is 19.0 Å². The van der Waals surface area contributed by atoms with E-state index in [0.717, 1.165) is 0 Å². The third-order valence-corrected chi connectivity index (χ3v) is 4.67. The Kier molecular flexibility index (Phi) is 4.09. The normalized spacial score (nSPS) is 24.9. The fourth-order valence-corrected chi connectivity index (χ4v) is 3.28. The Bertz CT molecular complexity index is 304. The molecule has 0 aromatic carbocycles. The maximum Gasteiger partial charge on any atom is 0.323 e. The molecule has 6 heteroatoms. The van der Waals surface area contributed by atoms with Crippen molar-refractivity contribution in [3.8, 4) is 0 Å². The Balaban J connectivity index is 2.72. The zero-order valence-corrected chi connectivity index (χ0v) is 11.1. The molecule has 0 aliphatic carbocycles. The minimum Gasteiger partial charge on any atom is -0.480 e. The summed E-state index contributed by atoms with van der Waals surface area (Å²) in [5.41, 5.74) is -0.946. The molecule has 0 amide bonds. The molecule has 1 aliphatic rings. The second-order valence-electron chi connectivity index (χ2n) is 4.81. The molecular formula is C10H20N2O3S. The molecule has 1 unspecified atom stereocenters. The standard InChI is InChI=1S/C10H20N2O3S/c1-8(2)12-6-5-11(7-16(12)15)10(3,4)9(13)14/h8H,5-7H2,1-4H3,(H,13,14). The number of carboxylic acids is 1. The van der Waals surface area contributed by atoms with Crippen LogP contribution in [0.3, 0.4) is 0 Å². The first-order valence-corrected chi connectivity index (χ1v) is 6.68. The van der Waals surface area contributed by atoms with Crippen LogP contribution in [-0.4, -0.2) is 55.0 Å². The zero-order valence-electron chi connectivity index (χ0n) is 10.3. The van der Waals surface area contributed by atoms with Gasteiger partial charge in [-0.1, -0.05) is 0 Å². The molecule has 94 valence electrons. The Labute approximate surface area is 99.0 Å². The van der Waals surface area contributed by atoms with Gasteiger partial charge in [-0.15, -0.1) is 0 Å². The average molecular weight is 248 g/mol. The van der Waals surface area contributed by atoms with Crippen molar-refractivity contribution in [2.45, 2.75) is 39.3 Å². The molecule has 0 aromatic rings. The van der Waals surface area contributed by atoms with E-state index in [2.05, 4.69) is 0 Å². The summed E-state index contributed by atoms with van der Waals surface area (Å²) in [6.07, 6.45) is 0. The number of aliphatic carboxylic acids is 1. The summed E-state index contributed by atoms with van der Waals surface area (Å²) in [4.78, 5) is 12.9. The van der Waals surface area contributed by atoms with Crippen molar-refractivity contribution in [1.82, 2.24) is 9.21 Å². The molecule has 1 fully saturated rings. The minimum atomic E-state index is -1.11. The first-order chi connectivity index (χ1) is 7.26. The maximum atomic E-state index is 11.9. The van der Waals surface area contributed by atoms with Crippen molar-refractivity contribution < 1.29 is 14.1 Å². The molecule has 1 aliphatic heterocycles. The van der Waals surface area contributed by atoms with E-state index in [9.17, 15) is 9.00 Å². The van der Waals surface area contributed by atoms with E-state index in [1.807, 2.05) is 18.2 Å². The molecule has 5 nitrogen and oxygen atoms in total. The zero-order chi connectivity index (χ0) is 12.5. The first kappa shape index (κ1) is 13.6. The summed E-state index contributed by atoms with van der Waals surface area (Å²) in [7, 11) is -1.11. The van der Waals surface area contributed by atoms with E-state index < -0.39 is 22.5 Å². The van der Waals surface area contributed by atoms with Gasteiger partial charge in [-0.2, -0.15) is 0 Å². The lowest BCUT2D eigenvalue weighted by Gasteiger charge is -2.41. The number of hydrogen-bond donors (Lipinski definition) is 1. The Morgan fingerprint density at radius 3 is 2.31 bits per heavy atom. The summed E-state index contributed by atoms with van der Waals surface area (Å²) in [6.45, 7) is 8.59. The topological polar surface area (TPSA) is 60.9 Å². The minimum absolute atomic E-state index is 0.232. The molecule has 0 aromatic heterocycles. The molecule has 0 saturated carbocycles. The van der Waals surface area contributed by atoms with Crippen molar-refractivity contribution in [1.29, 1.82) is 0 Å². The quantitative estimate of drug-likeness (QED) is 0.790. The molecular weight excluding hydrogens is 228 g/mol. The number of hydrogen-bond acceptors (Lipinski definition) is 3. The lowest BCUT2D eigenvalue weighted by Crippen LogP contribution is -2.58. The van der Waals surface area contributed by atoms with Gasteiger partial charge >= 0.3 is 5.97 Å². The monoisotopic (exact) mass is 248 g/mol. The maximum absolute atomic E-state index is 11.9.